The number of para-hydroxylation sites is 2. The van der Waals surface area contributed by atoms with Gasteiger partial charge in [0.15, 0.2) is 5.82 Å². The van der Waals surface area contributed by atoms with Crippen molar-refractivity contribution in [2.45, 2.75) is 13.8 Å². The average molecular weight is 648 g/mol. The highest BCUT2D eigenvalue weighted by molar-refractivity contribution is 14.1. The van der Waals surface area contributed by atoms with Gasteiger partial charge in [0.1, 0.15) is 13.2 Å². The van der Waals surface area contributed by atoms with Crippen LogP contribution in [0.5, 0.6) is 0 Å². The molecule has 0 unspecified atom stereocenters. The molecule has 162 valence electrons. The van der Waals surface area contributed by atoms with Gasteiger partial charge in [-0.3, -0.25) is 0 Å². The van der Waals surface area contributed by atoms with E-state index in [9.17, 15) is 0 Å². The maximum atomic E-state index is 5.58. The highest BCUT2D eigenvalue weighted by atomic mass is 127. The molecule has 5 aromatic rings. The molecule has 3 heterocycles. The average Bonchev–Trinajstić information content (AvgIpc) is 3.45. The van der Waals surface area contributed by atoms with Crippen molar-refractivity contribution in [1.29, 1.82) is 0 Å². The largest absolute Gasteiger partial charge is 0.382 e. The number of hydrogen-bond acceptors (Lipinski definition) is 3. The van der Waals surface area contributed by atoms with Crippen LogP contribution in [-0.2, 0) is 0 Å². The maximum absolute atomic E-state index is 5.58. The minimum absolute atomic E-state index is 0.549. The second kappa shape index (κ2) is 9.90. The van der Waals surface area contributed by atoms with Gasteiger partial charge < -0.3 is 10.3 Å². The Balaban J connectivity index is 0.000000165. The topological polar surface area (TPSA) is 66.6 Å². The molecule has 0 bridgehead atoms. The van der Waals surface area contributed by atoms with Gasteiger partial charge in [0.2, 0.25) is 0 Å². The Hall–Kier alpha value is -2.60. The van der Waals surface area contributed by atoms with Crippen molar-refractivity contribution >= 4 is 51.0 Å². The van der Waals surface area contributed by atoms with Gasteiger partial charge in [0.25, 0.3) is 0 Å². The molecular weight excluding hydrogens is 626 g/mol. The summed E-state index contributed by atoms with van der Waals surface area (Å²) in [5, 5.41) is 8.88. The number of nitrogen functional groups attached to an aromatic ring is 1. The fourth-order valence-corrected chi connectivity index (χ4v) is 4.73. The molecule has 6 nitrogen and oxygen atoms in total. The third kappa shape index (κ3) is 4.90. The third-order valence-corrected chi connectivity index (χ3v) is 6.38. The molecule has 0 saturated carbocycles. The van der Waals surface area contributed by atoms with Crippen LogP contribution in [0, 0.1) is 21.2 Å². The summed E-state index contributed by atoms with van der Waals surface area (Å²) < 4.78 is 8.07. The molecular formula is C24H22I2N6. The molecule has 0 aliphatic carbocycles. The SMILES string of the molecule is Cc1ccc(C)n1-c1cc(I)n(-c2ccccc2)n1.Nc1cc(I)n(-c2ccccc2)n1. The first-order chi connectivity index (χ1) is 15.4. The molecule has 2 aromatic carbocycles. The number of nitrogens with zero attached hydrogens (tertiary/aromatic N) is 5. The molecule has 0 atom stereocenters. The number of nitrogens with two attached hydrogens (primary N) is 1. The van der Waals surface area contributed by atoms with E-state index in [1.807, 2.05) is 64.0 Å². The van der Waals surface area contributed by atoms with E-state index >= 15 is 0 Å². The van der Waals surface area contributed by atoms with Crippen molar-refractivity contribution in [3.05, 3.63) is 104 Å². The number of aromatic nitrogens is 5. The number of anilines is 1. The molecule has 3 aromatic heterocycles. The van der Waals surface area contributed by atoms with E-state index in [-0.39, 0.29) is 0 Å². The summed E-state index contributed by atoms with van der Waals surface area (Å²) in [5.74, 6) is 1.52. The summed E-state index contributed by atoms with van der Waals surface area (Å²) >= 11 is 4.53. The van der Waals surface area contributed by atoms with Gasteiger partial charge in [-0.2, -0.15) is 0 Å². The summed E-state index contributed by atoms with van der Waals surface area (Å²) in [6.45, 7) is 4.20. The maximum Gasteiger partial charge on any atom is 0.160 e. The summed E-state index contributed by atoms with van der Waals surface area (Å²) in [7, 11) is 0. The fourth-order valence-electron chi connectivity index (χ4n) is 3.36. The van der Waals surface area contributed by atoms with Gasteiger partial charge in [0, 0.05) is 23.5 Å². The fraction of sp³-hybridized carbons (Fsp3) is 0.0833. The van der Waals surface area contributed by atoms with Crippen LogP contribution in [0.1, 0.15) is 11.4 Å². The summed E-state index contributed by atoms with van der Waals surface area (Å²) in [6.07, 6.45) is 0. The normalized spacial score (nSPS) is 10.6. The number of hydrogen-bond donors (Lipinski definition) is 1. The Kier molecular flexibility index (Phi) is 6.99. The number of halogens is 2. The minimum Gasteiger partial charge on any atom is -0.382 e. The Bertz CT molecular complexity index is 1300. The van der Waals surface area contributed by atoms with Crippen molar-refractivity contribution in [1.82, 2.24) is 24.1 Å². The number of rotatable bonds is 3. The first kappa shape index (κ1) is 22.6. The molecule has 0 spiro atoms. The lowest BCUT2D eigenvalue weighted by Gasteiger charge is -2.05. The predicted octanol–water partition coefficient (Wildman–Crippen LogP) is 5.94. The molecule has 32 heavy (non-hydrogen) atoms. The molecule has 2 N–H and O–H groups in total. The standard InChI is InChI=1S/C15H14IN3.C9H8IN3/c1-11-8-9-12(2)18(11)15-10-14(16)19(17-15)13-6-4-3-5-7-13;10-8-6-9(11)12-13(8)7-4-2-1-3-5-7/h3-10H,1-2H3;1-6H,(H2,11,12). The lowest BCUT2D eigenvalue weighted by atomic mass is 10.3. The molecule has 0 fully saturated rings. The lowest BCUT2D eigenvalue weighted by molar-refractivity contribution is 0.816. The Labute approximate surface area is 214 Å². The molecule has 8 heteroatoms. The molecule has 0 aliphatic rings. The van der Waals surface area contributed by atoms with E-state index in [0.29, 0.717) is 5.82 Å². The van der Waals surface area contributed by atoms with Crippen LogP contribution in [0.3, 0.4) is 0 Å². The van der Waals surface area contributed by atoms with Crippen LogP contribution in [0.2, 0.25) is 0 Å². The van der Waals surface area contributed by atoms with Crippen molar-refractivity contribution < 1.29 is 0 Å². The number of aryl methyl sites for hydroxylation is 2. The zero-order valence-electron chi connectivity index (χ0n) is 17.7. The van der Waals surface area contributed by atoms with E-state index in [1.54, 1.807) is 0 Å². The van der Waals surface area contributed by atoms with Gasteiger partial charge >= 0.3 is 0 Å². The molecule has 5 rings (SSSR count). The number of benzene rings is 2. The van der Waals surface area contributed by atoms with Crippen LogP contribution >= 0.6 is 45.2 Å². The molecule has 0 radical (unpaired) electrons. The van der Waals surface area contributed by atoms with E-state index in [1.165, 1.54) is 11.4 Å². The van der Waals surface area contributed by atoms with E-state index in [2.05, 4.69) is 99.0 Å². The van der Waals surface area contributed by atoms with Crippen molar-refractivity contribution in [3.8, 4) is 17.2 Å². The van der Waals surface area contributed by atoms with E-state index in [0.717, 1.165) is 24.6 Å². The lowest BCUT2D eigenvalue weighted by Crippen LogP contribution is -2.02. The monoisotopic (exact) mass is 648 g/mol. The Morgan fingerprint density at radius 3 is 1.59 bits per heavy atom. The van der Waals surface area contributed by atoms with Gasteiger partial charge in [-0.1, -0.05) is 36.4 Å². The first-order valence-corrected chi connectivity index (χ1v) is 12.1. The second-order valence-corrected chi connectivity index (χ2v) is 9.37. The van der Waals surface area contributed by atoms with Crippen LogP contribution in [0.15, 0.2) is 84.9 Å². The highest BCUT2D eigenvalue weighted by Gasteiger charge is 2.11. The smallest absolute Gasteiger partial charge is 0.160 e. The van der Waals surface area contributed by atoms with Gasteiger partial charge in [-0.25, -0.2) is 9.36 Å². The Morgan fingerprint density at radius 2 is 1.12 bits per heavy atom. The molecule has 0 aliphatic heterocycles. The van der Waals surface area contributed by atoms with Gasteiger partial charge in [0.05, 0.1) is 11.4 Å². The summed E-state index contributed by atoms with van der Waals surface area (Å²) in [4.78, 5) is 0. The second-order valence-electron chi connectivity index (χ2n) is 7.16. The Morgan fingerprint density at radius 1 is 0.656 bits per heavy atom. The predicted molar refractivity (Wildman–Crippen MR) is 146 cm³/mol. The van der Waals surface area contributed by atoms with Crippen molar-refractivity contribution in [2.24, 2.45) is 0 Å². The van der Waals surface area contributed by atoms with E-state index in [4.69, 9.17) is 10.8 Å². The zero-order chi connectivity index (χ0) is 22.7. The third-order valence-electron chi connectivity index (χ3n) is 4.84. The highest BCUT2D eigenvalue weighted by Crippen LogP contribution is 2.20. The van der Waals surface area contributed by atoms with Crippen molar-refractivity contribution in [2.75, 3.05) is 5.73 Å². The molecule has 0 saturated heterocycles. The minimum atomic E-state index is 0.549. The van der Waals surface area contributed by atoms with Crippen LogP contribution in [0.25, 0.3) is 17.2 Å². The van der Waals surface area contributed by atoms with Gasteiger partial charge in [-0.15, -0.1) is 10.2 Å². The first-order valence-electron chi connectivity index (χ1n) is 9.97. The van der Waals surface area contributed by atoms with Crippen molar-refractivity contribution in [3.63, 3.8) is 0 Å². The van der Waals surface area contributed by atoms with Crippen LogP contribution < -0.4 is 5.73 Å². The van der Waals surface area contributed by atoms with Crippen LogP contribution in [-0.4, -0.2) is 24.1 Å². The summed E-state index contributed by atoms with van der Waals surface area (Å²) in [6, 6.07) is 28.3. The molecule has 0 amide bonds. The van der Waals surface area contributed by atoms with Gasteiger partial charge in [-0.05, 0) is 95.4 Å². The zero-order valence-corrected chi connectivity index (χ0v) is 22.0. The van der Waals surface area contributed by atoms with E-state index < -0.39 is 0 Å². The van der Waals surface area contributed by atoms with Crippen LogP contribution in [0.4, 0.5) is 5.82 Å². The quantitative estimate of drug-likeness (QED) is 0.247. The summed E-state index contributed by atoms with van der Waals surface area (Å²) in [5.41, 5.74) is 10.1.